The highest BCUT2D eigenvalue weighted by Gasteiger charge is 2.17. The van der Waals surface area contributed by atoms with Crippen molar-refractivity contribution in [3.8, 4) is 0 Å². The van der Waals surface area contributed by atoms with Gasteiger partial charge >= 0.3 is 0 Å². The van der Waals surface area contributed by atoms with Crippen molar-refractivity contribution in [2.24, 2.45) is 0 Å². The van der Waals surface area contributed by atoms with E-state index in [1.165, 1.54) is 29.4 Å². The Morgan fingerprint density at radius 3 is 2.88 bits per heavy atom. The molecular weight excluding hydrogens is 350 g/mol. The summed E-state index contributed by atoms with van der Waals surface area (Å²) in [6.07, 6.45) is 1.42. The number of benzene rings is 1. The number of thioether (sulfide) groups is 1. The lowest BCUT2D eigenvalue weighted by molar-refractivity contribution is 0.0956. The highest BCUT2D eigenvalue weighted by atomic mass is 32.2. The van der Waals surface area contributed by atoms with E-state index in [1.807, 2.05) is 0 Å². The van der Waals surface area contributed by atoms with E-state index in [1.54, 1.807) is 31.2 Å². The number of anilines is 1. The number of hydrogen-bond acceptors (Lipinski definition) is 6. The minimum absolute atomic E-state index is 0.00121. The van der Waals surface area contributed by atoms with E-state index in [2.05, 4.69) is 20.5 Å². The standard InChI is InChI=1S/C14H19N5O3S2/c1-3-24(21,22)19(2)12-6-4-5-11(9-12)13(20)15-7-8-23-14-16-10-17-18-14/h4-6,9-10H,3,7-8H2,1-2H3,(H,15,20)(H,16,17,18). The second kappa shape index (κ2) is 8.15. The SMILES string of the molecule is CCS(=O)(=O)N(C)c1cccc(C(=O)NCCSc2ncn[nH]2)c1. The van der Waals surface area contributed by atoms with Crippen LogP contribution in [0.5, 0.6) is 0 Å². The molecule has 1 heterocycles. The number of rotatable bonds is 8. The largest absolute Gasteiger partial charge is 0.351 e. The van der Waals surface area contributed by atoms with Crippen molar-refractivity contribution in [3.63, 3.8) is 0 Å². The number of amides is 1. The summed E-state index contributed by atoms with van der Waals surface area (Å²) in [4.78, 5) is 16.2. The van der Waals surface area contributed by atoms with Crippen molar-refractivity contribution < 1.29 is 13.2 Å². The molecule has 0 aliphatic heterocycles. The topological polar surface area (TPSA) is 108 Å². The normalized spacial score (nSPS) is 11.2. The van der Waals surface area contributed by atoms with Crippen LogP contribution in [-0.4, -0.2) is 54.6 Å². The lowest BCUT2D eigenvalue weighted by Crippen LogP contribution is -2.29. The summed E-state index contributed by atoms with van der Waals surface area (Å²) < 4.78 is 25.0. The Hall–Kier alpha value is -2.07. The van der Waals surface area contributed by atoms with Crippen molar-refractivity contribution in [3.05, 3.63) is 36.2 Å². The van der Waals surface area contributed by atoms with Crippen molar-refractivity contribution in [2.45, 2.75) is 12.1 Å². The molecule has 0 saturated heterocycles. The van der Waals surface area contributed by atoms with Crippen LogP contribution in [0.4, 0.5) is 5.69 Å². The van der Waals surface area contributed by atoms with Crippen LogP contribution in [-0.2, 0) is 10.0 Å². The van der Waals surface area contributed by atoms with Gasteiger partial charge in [0.15, 0.2) is 5.16 Å². The van der Waals surface area contributed by atoms with Crippen molar-refractivity contribution in [2.75, 3.05) is 29.4 Å². The first-order valence-corrected chi connectivity index (χ1v) is 9.86. The molecule has 0 saturated carbocycles. The molecule has 2 N–H and O–H groups in total. The van der Waals surface area contributed by atoms with E-state index in [0.29, 0.717) is 28.7 Å². The molecule has 2 rings (SSSR count). The van der Waals surface area contributed by atoms with Gasteiger partial charge in [-0.05, 0) is 25.1 Å². The predicted octanol–water partition coefficient (Wildman–Crippen LogP) is 1.11. The minimum atomic E-state index is -3.36. The molecule has 0 unspecified atom stereocenters. The molecule has 24 heavy (non-hydrogen) atoms. The zero-order chi connectivity index (χ0) is 17.6. The average Bonchev–Trinajstić information content (AvgIpc) is 3.11. The fourth-order valence-electron chi connectivity index (χ4n) is 1.88. The summed E-state index contributed by atoms with van der Waals surface area (Å²) >= 11 is 1.45. The van der Waals surface area contributed by atoms with Crippen LogP contribution in [0.15, 0.2) is 35.7 Å². The highest BCUT2D eigenvalue weighted by Crippen LogP contribution is 2.18. The minimum Gasteiger partial charge on any atom is -0.351 e. The van der Waals surface area contributed by atoms with Crippen LogP contribution in [0, 0.1) is 0 Å². The molecular formula is C14H19N5O3S2. The van der Waals surface area contributed by atoms with Gasteiger partial charge in [-0.3, -0.25) is 14.2 Å². The van der Waals surface area contributed by atoms with Gasteiger partial charge in [-0.15, -0.1) is 0 Å². The molecule has 0 spiro atoms. The van der Waals surface area contributed by atoms with E-state index in [9.17, 15) is 13.2 Å². The van der Waals surface area contributed by atoms with Crippen molar-refractivity contribution in [1.29, 1.82) is 0 Å². The van der Waals surface area contributed by atoms with Crippen LogP contribution in [0.3, 0.4) is 0 Å². The molecule has 8 nitrogen and oxygen atoms in total. The first-order valence-electron chi connectivity index (χ1n) is 7.27. The number of carbonyl (C=O) groups excluding carboxylic acids is 1. The van der Waals surface area contributed by atoms with Gasteiger partial charge in [-0.25, -0.2) is 13.4 Å². The zero-order valence-electron chi connectivity index (χ0n) is 13.4. The summed E-state index contributed by atoms with van der Waals surface area (Å²) in [6, 6.07) is 6.53. The Labute approximate surface area is 145 Å². The van der Waals surface area contributed by atoms with Crippen LogP contribution in [0.1, 0.15) is 17.3 Å². The predicted molar refractivity (Wildman–Crippen MR) is 93.7 cm³/mol. The first kappa shape index (κ1) is 18.3. The molecule has 0 bridgehead atoms. The van der Waals surface area contributed by atoms with Gasteiger partial charge < -0.3 is 5.32 Å². The summed E-state index contributed by atoms with van der Waals surface area (Å²) in [5.74, 6) is 0.390. The fourth-order valence-corrected chi connectivity index (χ4v) is 3.33. The maximum absolute atomic E-state index is 12.2. The molecule has 0 fully saturated rings. The van der Waals surface area contributed by atoms with Gasteiger partial charge in [0.25, 0.3) is 5.91 Å². The molecule has 0 atom stereocenters. The highest BCUT2D eigenvalue weighted by molar-refractivity contribution is 7.99. The summed E-state index contributed by atoms with van der Waals surface area (Å²) in [7, 11) is -1.88. The molecule has 1 aromatic heterocycles. The van der Waals surface area contributed by atoms with Gasteiger partial charge in [0.2, 0.25) is 10.0 Å². The molecule has 0 radical (unpaired) electrons. The lowest BCUT2D eigenvalue weighted by Gasteiger charge is -2.19. The number of H-pyrrole nitrogens is 1. The van der Waals surface area contributed by atoms with Crippen molar-refractivity contribution in [1.82, 2.24) is 20.5 Å². The Bertz CT molecular complexity index is 777. The molecule has 10 heteroatoms. The number of carbonyl (C=O) groups is 1. The maximum Gasteiger partial charge on any atom is 0.251 e. The Morgan fingerprint density at radius 1 is 1.42 bits per heavy atom. The first-order chi connectivity index (χ1) is 11.4. The molecule has 0 aliphatic rings. The molecule has 130 valence electrons. The third kappa shape index (κ3) is 4.71. The maximum atomic E-state index is 12.2. The molecule has 0 aliphatic carbocycles. The van der Waals surface area contributed by atoms with Crippen LogP contribution < -0.4 is 9.62 Å². The van der Waals surface area contributed by atoms with Crippen molar-refractivity contribution >= 4 is 33.4 Å². The summed E-state index contributed by atoms with van der Waals surface area (Å²) in [5.41, 5.74) is 0.871. The number of sulfonamides is 1. The molecule has 1 aromatic carbocycles. The van der Waals surface area contributed by atoms with Gasteiger partial charge in [0.1, 0.15) is 6.33 Å². The number of nitrogens with zero attached hydrogens (tertiary/aromatic N) is 3. The third-order valence-corrected chi connectivity index (χ3v) is 5.93. The van der Waals surface area contributed by atoms with Gasteiger partial charge in [-0.1, -0.05) is 17.8 Å². The Morgan fingerprint density at radius 2 is 2.21 bits per heavy atom. The van der Waals surface area contributed by atoms with E-state index < -0.39 is 10.0 Å². The fraction of sp³-hybridized carbons (Fsp3) is 0.357. The summed E-state index contributed by atoms with van der Waals surface area (Å²) in [6.45, 7) is 2.03. The Balaban J connectivity index is 1.93. The second-order valence-corrected chi connectivity index (χ2v) is 8.19. The smallest absolute Gasteiger partial charge is 0.251 e. The second-order valence-electron chi connectivity index (χ2n) is 4.81. The number of aromatic amines is 1. The quantitative estimate of drug-likeness (QED) is 0.533. The van der Waals surface area contributed by atoms with Crippen LogP contribution >= 0.6 is 11.8 Å². The van der Waals surface area contributed by atoms with Gasteiger partial charge in [-0.2, -0.15) is 5.10 Å². The summed E-state index contributed by atoms with van der Waals surface area (Å²) in [5, 5.41) is 9.94. The Kier molecular flexibility index (Phi) is 6.21. The number of nitrogens with one attached hydrogen (secondary N) is 2. The van der Waals surface area contributed by atoms with Gasteiger partial charge in [0.05, 0.1) is 11.4 Å². The van der Waals surface area contributed by atoms with E-state index >= 15 is 0 Å². The monoisotopic (exact) mass is 369 g/mol. The van der Waals surface area contributed by atoms with Crippen LogP contribution in [0.2, 0.25) is 0 Å². The van der Waals surface area contributed by atoms with E-state index in [-0.39, 0.29) is 11.7 Å². The average molecular weight is 369 g/mol. The van der Waals surface area contributed by atoms with Gasteiger partial charge in [0, 0.05) is 24.9 Å². The number of hydrogen-bond donors (Lipinski definition) is 2. The zero-order valence-corrected chi connectivity index (χ0v) is 15.0. The number of aromatic nitrogens is 3. The van der Waals surface area contributed by atoms with E-state index in [4.69, 9.17) is 0 Å². The van der Waals surface area contributed by atoms with E-state index in [0.717, 1.165) is 0 Å². The van der Waals surface area contributed by atoms with Crippen LogP contribution in [0.25, 0.3) is 0 Å². The lowest BCUT2D eigenvalue weighted by atomic mass is 10.2. The molecule has 1 amide bonds. The third-order valence-electron chi connectivity index (χ3n) is 3.27. The molecule has 2 aromatic rings.